The summed E-state index contributed by atoms with van der Waals surface area (Å²) in [6, 6.07) is 45.4. The normalized spacial score (nSPS) is 13.7. The number of hydrogen-bond donors (Lipinski definition) is 0. The van der Waals surface area contributed by atoms with Crippen LogP contribution in [0.2, 0.25) is 0 Å². The van der Waals surface area contributed by atoms with Gasteiger partial charge in [-0.3, -0.25) is 4.79 Å². The van der Waals surface area contributed by atoms with Gasteiger partial charge in [0.05, 0.1) is 11.0 Å². The molecule has 0 atom stereocenters. The van der Waals surface area contributed by atoms with Crippen molar-refractivity contribution in [3.8, 4) is 27.9 Å². The van der Waals surface area contributed by atoms with Gasteiger partial charge in [0, 0.05) is 33.0 Å². The Morgan fingerprint density at radius 2 is 1.05 bits per heavy atom. The first kappa shape index (κ1) is 26.4. The Kier molecular flexibility index (Phi) is 5.80. The summed E-state index contributed by atoms with van der Waals surface area (Å²) >= 11 is 0. The molecule has 0 fully saturated rings. The van der Waals surface area contributed by atoms with Crippen LogP contribution < -0.4 is 0 Å². The van der Waals surface area contributed by atoms with Gasteiger partial charge in [-0.15, -0.1) is 0 Å². The first-order valence-electron chi connectivity index (χ1n) is 15.3. The number of aryl methyl sites for hydroxylation is 2. The molecule has 0 bridgehead atoms. The summed E-state index contributed by atoms with van der Waals surface area (Å²) in [5, 5.41) is 2.44. The number of nitrogens with zero attached hydrogens (tertiary/aromatic N) is 1. The van der Waals surface area contributed by atoms with Crippen LogP contribution in [0.25, 0.3) is 49.7 Å². The number of aromatic nitrogens is 1. The van der Waals surface area contributed by atoms with Crippen LogP contribution >= 0.6 is 0 Å². The fourth-order valence-corrected chi connectivity index (χ4v) is 7.33. The second-order valence-corrected chi connectivity index (χ2v) is 12.8. The third-order valence-electron chi connectivity index (χ3n) is 9.45. The van der Waals surface area contributed by atoms with Crippen LogP contribution in [0.1, 0.15) is 52.0 Å². The van der Waals surface area contributed by atoms with Gasteiger partial charge < -0.3 is 4.57 Å². The maximum Gasteiger partial charge on any atom is 0.193 e. The van der Waals surface area contributed by atoms with E-state index in [1.807, 2.05) is 24.3 Å². The average molecular weight is 568 g/mol. The fourth-order valence-electron chi connectivity index (χ4n) is 7.33. The number of ketones is 1. The van der Waals surface area contributed by atoms with E-state index < -0.39 is 0 Å². The Morgan fingerprint density at radius 3 is 1.73 bits per heavy atom. The highest BCUT2D eigenvalue weighted by atomic mass is 16.1. The van der Waals surface area contributed by atoms with Crippen molar-refractivity contribution in [2.45, 2.75) is 33.1 Å². The van der Waals surface area contributed by atoms with Gasteiger partial charge in [0.15, 0.2) is 5.78 Å². The molecular formula is C42H33NO. The molecule has 0 saturated heterocycles. The van der Waals surface area contributed by atoms with Crippen LogP contribution in [0.15, 0.2) is 127 Å². The Morgan fingerprint density at radius 1 is 0.500 bits per heavy atom. The van der Waals surface area contributed by atoms with Crippen molar-refractivity contribution in [3.05, 3.63) is 161 Å². The molecule has 1 aromatic heterocycles. The second-order valence-electron chi connectivity index (χ2n) is 12.8. The van der Waals surface area contributed by atoms with Gasteiger partial charge >= 0.3 is 0 Å². The third-order valence-corrected chi connectivity index (χ3v) is 9.45. The number of fused-ring (bicyclic) bond motifs is 5. The quantitative estimate of drug-likeness (QED) is 0.208. The number of carbonyl (C=O) groups excluding carboxylic acids is 1. The van der Waals surface area contributed by atoms with E-state index in [4.69, 9.17) is 0 Å². The summed E-state index contributed by atoms with van der Waals surface area (Å²) in [4.78, 5) is 13.5. The molecule has 44 heavy (non-hydrogen) atoms. The van der Waals surface area contributed by atoms with Crippen LogP contribution in [0.4, 0.5) is 0 Å². The molecule has 1 aliphatic rings. The van der Waals surface area contributed by atoms with E-state index in [9.17, 15) is 4.79 Å². The van der Waals surface area contributed by atoms with E-state index in [0.717, 1.165) is 33.4 Å². The Labute approximate surface area is 258 Å². The van der Waals surface area contributed by atoms with Gasteiger partial charge in [-0.05, 0) is 101 Å². The molecule has 2 nitrogen and oxygen atoms in total. The minimum Gasteiger partial charge on any atom is -0.309 e. The third kappa shape index (κ3) is 3.98. The minimum absolute atomic E-state index is 0.113. The van der Waals surface area contributed by atoms with Crippen LogP contribution in [0.3, 0.4) is 0 Å². The van der Waals surface area contributed by atoms with Crippen molar-refractivity contribution in [1.82, 2.24) is 4.57 Å². The molecule has 212 valence electrons. The number of carbonyl (C=O) groups is 1. The van der Waals surface area contributed by atoms with E-state index in [1.54, 1.807) is 0 Å². The zero-order valence-corrected chi connectivity index (χ0v) is 25.5. The minimum atomic E-state index is -0.274. The highest BCUT2D eigenvalue weighted by molar-refractivity contribution is 6.14. The largest absolute Gasteiger partial charge is 0.309 e. The second kappa shape index (κ2) is 9.65. The highest BCUT2D eigenvalue weighted by Crippen LogP contribution is 2.43. The van der Waals surface area contributed by atoms with Gasteiger partial charge in [-0.25, -0.2) is 0 Å². The van der Waals surface area contributed by atoms with Crippen molar-refractivity contribution >= 4 is 27.6 Å². The van der Waals surface area contributed by atoms with E-state index >= 15 is 0 Å². The average Bonchev–Trinajstić information content (AvgIpc) is 3.36. The number of hydrogen-bond acceptors (Lipinski definition) is 1. The van der Waals surface area contributed by atoms with E-state index in [0.29, 0.717) is 0 Å². The molecule has 6 aromatic carbocycles. The summed E-state index contributed by atoms with van der Waals surface area (Å²) in [7, 11) is 0. The van der Waals surface area contributed by atoms with E-state index in [-0.39, 0.29) is 11.2 Å². The molecule has 0 amide bonds. The van der Waals surface area contributed by atoms with Crippen molar-refractivity contribution < 1.29 is 4.79 Å². The van der Waals surface area contributed by atoms with Crippen molar-refractivity contribution in [1.29, 1.82) is 0 Å². The monoisotopic (exact) mass is 567 g/mol. The maximum absolute atomic E-state index is 13.5. The van der Waals surface area contributed by atoms with Crippen molar-refractivity contribution in [3.63, 3.8) is 0 Å². The molecule has 2 heteroatoms. The molecule has 0 saturated carbocycles. The summed E-state index contributed by atoms with van der Waals surface area (Å²) in [6.45, 7) is 8.78. The first-order chi connectivity index (χ1) is 21.3. The molecule has 7 aromatic rings. The van der Waals surface area contributed by atoms with Crippen molar-refractivity contribution in [2.24, 2.45) is 0 Å². The van der Waals surface area contributed by atoms with Crippen LogP contribution in [-0.2, 0) is 5.41 Å². The standard InChI is InChI=1S/C42H33NO/c1-26-20-27(2)22-32(21-26)43-39-18-15-29(28-10-6-5-7-11-28)23-35(39)36-24-30(16-19-40(36)43)31-14-17-34-38(25-31)42(3,4)37-13-9-8-12-33(37)41(34)44/h5-25H,1-4H3. The molecular weight excluding hydrogens is 534 g/mol. The van der Waals surface area contributed by atoms with Gasteiger partial charge in [-0.1, -0.05) is 98.8 Å². The number of benzene rings is 6. The molecule has 0 aliphatic heterocycles. The summed E-state index contributed by atoms with van der Waals surface area (Å²) in [6.07, 6.45) is 0. The summed E-state index contributed by atoms with van der Waals surface area (Å²) in [5.74, 6) is 0.113. The van der Waals surface area contributed by atoms with Crippen LogP contribution in [0, 0.1) is 13.8 Å². The molecule has 8 rings (SSSR count). The lowest BCUT2D eigenvalue weighted by atomic mass is 9.68. The van der Waals surface area contributed by atoms with Gasteiger partial charge in [0.25, 0.3) is 0 Å². The zero-order chi connectivity index (χ0) is 30.2. The smallest absolute Gasteiger partial charge is 0.193 e. The lowest BCUT2D eigenvalue weighted by molar-refractivity contribution is 0.103. The number of rotatable bonds is 3. The predicted molar refractivity (Wildman–Crippen MR) is 183 cm³/mol. The molecule has 0 unspecified atom stereocenters. The molecule has 1 heterocycles. The molecule has 0 spiro atoms. The molecule has 0 N–H and O–H groups in total. The van der Waals surface area contributed by atoms with Gasteiger partial charge in [-0.2, -0.15) is 0 Å². The topological polar surface area (TPSA) is 22.0 Å². The Hall–Kier alpha value is -5.21. The summed E-state index contributed by atoms with van der Waals surface area (Å²) in [5.41, 5.74) is 14.2. The molecule has 0 radical (unpaired) electrons. The van der Waals surface area contributed by atoms with E-state index in [2.05, 4.69) is 135 Å². The fraction of sp³-hybridized carbons (Fsp3) is 0.119. The Balaban J connectivity index is 1.35. The SMILES string of the molecule is Cc1cc(C)cc(-n2c3ccc(-c4ccccc4)cc3c3cc(-c4ccc5c(c4)C(C)(C)c4ccccc4C5=O)ccc32)c1. The van der Waals surface area contributed by atoms with Gasteiger partial charge in [0.2, 0.25) is 0 Å². The first-order valence-corrected chi connectivity index (χ1v) is 15.3. The van der Waals surface area contributed by atoms with Gasteiger partial charge in [0.1, 0.15) is 0 Å². The predicted octanol–water partition coefficient (Wildman–Crippen LogP) is 10.6. The Bertz CT molecular complexity index is 2260. The lowest BCUT2D eigenvalue weighted by Gasteiger charge is -2.34. The van der Waals surface area contributed by atoms with E-state index in [1.165, 1.54) is 49.7 Å². The van der Waals surface area contributed by atoms with Crippen LogP contribution in [-0.4, -0.2) is 10.4 Å². The zero-order valence-electron chi connectivity index (χ0n) is 25.5. The van der Waals surface area contributed by atoms with Crippen molar-refractivity contribution in [2.75, 3.05) is 0 Å². The lowest BCUT2D eigenvalue weighted by Crippen LogP contribution is -2.30. The molecule has 1 aliphatic carbocycles. The summed E-state index contributed by atoms with van der Waals surface area (Å²) < 4.78 is 2.40. The van der Waals surface area contributed by atoms with Crippen LogP contribution in [0.5, 0.6) is 0 Å². The highest BCUT2D eigenvalue weighted by Gasteiger charge is 2.36. The maximum atomic E-state index is 13.5.